The molecular weight excluding hydrogens is 535 g/mol. The molecule has 1 aromatic carbocycles. The molecule has 0 spiro atoms. The van der Waals surface area contributed by atoms with Gasteiger partial charge in [0.25, 0.3) is 5.91 Å². The minimum Gasteiger partial charge on any atom is -0.747 e. The summed E-state index contributed by atoms with van der Waals surface area (Å²) in [4.78, 5) is 49.8. The van der Waals surface area contributed by atoms with Gasteiger partial charge in [-0.1, -0.05) is 30.3 Å². The van der Waals surface area contributed by atoms with Crippen molar-refractivity contribution in [2.24, 2.45) is 5.73 Å². The average Bonchev–Trinajstić information content (AvgIpc) is 2.82. The van der Waals surface area contributed by atoms with Crippen LogP contribution in [0.1, 0.15) is 21.2 Å². The zero-order valence-electron chi connectivity index (χ0n) is 19.4. The first-order chi connectivity index (χ1) is 17.0. The monoisotopic (exact) mass is 554 g/mol. The van der Waals surface area contributed by atoms with Crippen molar-refractivity contribution >= 4 is 45.6 Å². The van der Waals surface area contributed by atoms with Crippen LogP contribution >= 0.6 is 11.8 Å². The Labute approximate surface area is 237 Å². The van der Waals surface area contributed by atoms with Crippen LogP contribution in [-0.2, 0) is 31.0 Å². The van der Waals surface area contributed by atoms with E-state index in [1.807, 2.05) is 0 Å². The summed E-state index contributed by atoms with van der Waals surface area (Å²) in [7, 11) is -5.11. The van der Waals surface area contributed by atoms with Crippen LogP contribution in [0.3, 0.4) is 0 Å². The molecule has 3 heterocycles. The van der Waals surface area contributed by atoms with Crippen molar-refractivity contribution in [1.29, 1.82) is 0 Å². The number of nitrogens with zero attached hydrogens (tertiary/aromatic N) is 2. The van der Waals surface area contributed by atoms with Crippen molar-refractivity contribution in [2.75, 3.05) is 5.75 Å². The molecule has 0 radical (unpaired) electrons. The number of benzene rings is 1. The van der Waals surface area contributed by atoms with Gasteiger partial charge in [-0.25, -0.2) is 13.0 Å². The fourth-order valence-corrected chi connectivity index (χ4v) is 6.20. The van der Waals surface area contributed by atoms with E-state index >= 15 is 0 Å². The van der Waals surface area contributed by atoms with Gasteiger partial charge in [0.15, 0.2) is 24.2 Å². The average molecular weight is 555 g/mol. The van der Waals surface area contributed by atoms with Gasteiger partial charge in [-0.2, -0.15) is 0 Å². The molecule has 3 N–H and O–H groups in total. The number of carboxylic acids is 1. The number of primary amides is 1. The zero-order valence-corrected chi connectivity index (χ0v) is 23.0. The van der Waals surface area contributed by atoms with Crippen LogP contribution in [0.5, 0.6) is 0 Å². The Hall–Kier alpha value is -2.75. The van der Waals surface area contributed by atoms with E-state index in [2.05, 4.69) is 5.32 Å². The Bertz CT molecular complexity index is 1380. The fraction of sp³-hybridized carbons (Fsp3) is 0.227. The van der Waals surface area contributed by atoms with Crippen LogP contribution in [0.2, 0.25) is 0 Å². The number of carboxylic acid groups (broad SMARTS) is 1. The quantitative estimate of drug-likeness (QED) is 0.139. The van der Waals surface area contributed by atoms with Crippen LogP contribution in [0, 0.1) is 0 Å². The third-order valence-electron chi connectivity index (χ3n) is 5.72. The van der Waals surface area contributed by atoms with Crippen LogP contribution in [0.15, 0.2) is 66.1 Å². The maximum Gasteiger partial charge on any atom is 1.00 e. The van der Waals surface area contributed by atoms with Gasteiger partial charge in [-0.3, -0.25) is 19.3 Å². The van der Waals surface area contributed by atoms with E-state index in [0.29, 0.717) is 5.57 Å². The number of thioether (sulfide) groups is 1. The second kappa shape index (κ2) is 11.3. The van der Waals surface area contributed by atoms with Gasteiger partial charge in [0.2, 0.25) is 11.8 Å². The molecule has 12 nitrogen and oxygen atoms in total. The number of carbonyl (C=O) groups excluding carboxylic acids is 4. The number of nitrogens with two attached hydrogens (primary N) is 1. The summed E-state index contributed by atoms with van der Waals surface area (Å²) in [5.74, 6) is -4.00. The van der Waals surface area contributed by atoms with E-state index in [1.54, 1.807) is 10.6 Å². The number of pyridine rings is 1. The topological polar surface area (TPSA) is 194 Å². The number of hydrogen-bond acceptors (Lipinski definition) is 9. The molecule has 2 aromatic rings. The van der Waals surface area contributed by atoms with Gasteiger partial charge in [0.1, 0.15) is 21.5 Å². The molecule has 188 valence electrons. The summed E-state index contributed by atoms with van der Waals surface area (Å²) in [5.41, 5.74) is 5.44. The molecule has 1 aromatic heterocycles. The molecule has 1 saturated heterocycles. The molecule has 2 aliphatic heterocycles. The number of nitrogens with one attached hydrogen (secondary N) is 1. The van der Waals surface area contributed by atoms with Crippen molar-refractivity contribution in [3.05, 3.63) is 77.3 Å². The van der Waals surface area contributed by atoms with Crippen LogP contribution in [0.25, 0.3) is 0 Å². The van der Waals surface area contributed by atoms with Crippen molar-refractivity contribution in [3.63, 3.8) is 0 Å². The first kappa shape index (κ1) is 28.8. The molecule has 3 amide bonds. The van der Waals surface area contributed by atoms with Gasteiger partial charge in [0, 0.05) is 23.5 Å². The van der Waals surface area contributed by atoms with Gasteiger partial charge >= 0.3 is 29.6 Å². The molecule has 0 aliphatic carbocycles. The number of carbonyl (C=O) groups is 4. The van der Waals surface area contributed by atoms with Crippen LogP contribution < -0.4 is 50.3 Å². The number of amides is 3. The first-order valence-electron chi connectivity index (χ1n) is 10.5. The van der Waals surface area contributed by atoms with Gasteiger partial charge in [0.05, 0.1) is 17.2 Å². The predicted molar refractivity (Wildman–Crippen MR) is 121 cm³/mol. The maximum absolute atomic E-state index is 12.9. The number of hydrogen-bond donors (Lipinski definition) is 2. The molecule has 1 fully saturated rings. The molecule has 3 atom stereocenters. The summed E-state index contributed by atoms with van der Waals surface area (Å²) in [5, 5.41) is 11.3. The second-order valence-electron chi connectivity index (χ2n) is 8.04. The van der Waals surface area contributed by atoms with Crippen LogP contribution in [0.4, 0.5) is 0 Å². The van der Waals surface area contributed by atoms with E-state index < -0.39 is 50.5 Å². The number of rotatable bonds is 8. The van der Waals surface area contributed by atoms with Gasteiger partial charge in [-0.15, -0.1) is 11.8 Å². The summed E-state index contributed by atoms with van der Waals surface area (Å²) >= 11 is 1.16. The number of β-lactam (4-membered cyclic amide) rings is 1. The summed E-state index contributed by atoms with van der Waals surface area (Å²) in [6, 6.07) is 8.83. The van der Waals surface area contributed by atoms with Crippen LogP contribution in [-0.4, -0.2) is 58.7 Å². The van der Waals surface area contributed by atoms with E-state index in [-0.39, 0.29) is 58.7 Å². The van der Waals surface area contributed by atoms with E-state index in [1.165, 1.54) is 48.8 Å². The molecule has 37 heavy (non-hydrogen) atoms. The van der Waals surface area contributed by atoms with Gasteiger partial charge in [-0.05, 0) is 5.56 Å². The molecule has 2 aliphatic rings. The van der Waals surface area contributed by atoms with E-state index in [0.717, 1.165) is 16.7 Å². The Morgan fingerprint density at radius 3 is 2.32 bits per heavy atom. The second-order valence-corrected chi connectivity index (χ2v) is 10.6. The molecular formula is C22H19N4NaO8S2. The molecule has 15 heteroatoms. The van der Waals surface area contributed by atoms with Crippen molar-refractivity contribution in [2.45, 2.75) is 23.2 Å². The Morgan fingerprint density at radius 2 is 1.78 bits per heavy atom. The SMILES string of the molecule is NC(=O)c1cc[n+](CC2=C(C(=O)[O-])N3C(=O)[C@@H](NC(=O)C(c4ccccc4)S(=O)(=O)[O-])[C@H]3SC2)cc1.[Na+]. The standard InChI is InChI=1S/C22H20N4O8S2.Na/c23-18(27)13-6-8-25(9-7-13)10-14-11-35-21-15(20(29)26(21)16(14)22(30)31)24-19(28)17(36(32,33)34)12-4-2-1-3-5-12;/h1-9,15,17,21H,10-11H2,(H4-,23,24,27,28,30,31,32,33,34);/q;+1/p-1/t15-,17?,21-;/m1./s1. The van der Waals surface area contributed by atoms with E-state index in [4.69, 9.17) is 5.73 Å². The molecule has 4 rings (SSSR count). The Balaban J connectivity index is 0.00000380. The maximum atomic E-state index is 12.9. The summed E-state index contributed by atoms with van der Waals surface area (Å²) < 4.78 is 37.0. The summed E-state index contributed by atoms with van der Waals surface area (Å²) in [6.07, 6.45) is 3.07. The normalized spacial score (nSPS) is 19.7. The summed E-state index contributed by atoms with van der Waals surface area (Å²) in [6.45, 7) is 0.0768. The van der Waals surface area contributed by atoms with Crippen molar-refractivity contribution < 1.29 is 71.4 Å². The Morgan fingerprint density at radius 1 is 1.16 bits per heavy atom. The third-order valence-corrected chi connectivity index (χ3v) is 8.12. The smallest absolute Gasteiger partial charge is 0.747 e. The van der Waals surface area contributed by atoms with Crippen molar-refractivity contribution in [1.82, 2.24) is 10.2 Å². The Kier molecular flexibility index (Phi) is 8.82. The first-order valence-corrected chi connectivity index (χ1v) is 13.0. The fourth-order valence-electron chi connectivity index (χ4n) is 4.05. The minimum atomic E-state index is -5.11. The number of fused-ring (bicyclic) bond motifs is 1. The largest absolute Gasteiger partial charge is 1.00 e. The zero-order chi connectivity index (χ0) is 26.2. The van der Waals surface area contributed by atoms with Gasteiger partial charge < -0.3 is 25.5 Å². The van der Waals surface area contributed by atoms with Crippen molar-refractivity contribution in [3.8, 4) is 0 Å². The molecule has 0 bridgehead atoms. The molecule has 1 unspecified atom stereocenters. The minimum absolute atomic E-state index is 0. The molecule has 0 saturated carbocycles. The predicted octanol–water partition coefficient (Wildman–Crippen LogP) is -5.23. The van der Waals surface area contributed by atoms with E-state index in [9.17, 15) is 37.3 Å². The number of aliphatic carboxylic acids is 1. The number of aromatic nitrogens is 1. The third kappa shape index (κ3) is 5.89.